The van der Waals surface area contributed by atoms with E-state index in [4.69, 9.17) is 4.74 Å². The minimum absolute atomic E-state index is 0.0909. The minimum Gasteiger partial charge on any atom is -0.478 e. The number of likely N-dealkylation sites (N-methyl/N-ethyl adjacent to an activating group) is 1. The van der Waals surface area contributed by atoms with Gasteiger partial charge in [-0.2, -0.15) is 0 Å². The Morgan fingerprint density at radius 3 is 1.71 bits per heavy atom. The Bertz CT molecular complexity index is 1350. The number of carboxylic acid groups (broad SMARTS) is 2. The molecule has 2 aromatic rings. The molecule has 3 amide bonds. The number of anilines is 2. The first-order chi connectivity index (χ1) is 19.6. The molecule has 0 aliphatic carbocycles. The topological polar surface area (TPSA) is 162 Å². The van der Waals surface area contributed by atoms with Gasteiger partial charge in [0, 0.05) is 25.3 Å². The summed E-state index contributed by atoms with van der Waals surface area (Å²) in [6, 6.07) is 1.69. The molecule has 0 bridgehead atoms. The average Bonchev–Trinajstić information content (AvgIpc) is 2.92. The number of carboxylic acids is 2. The summed E-state index contributed by atoms with van der Waals surface area (Å²) in [5, 5.41) is 24.3. The molecule has 0 unspecified atom stereocenters. The lowest BCUT2D eigenvalue weighted by Crippen LogP contribution is -2.33. The quantitative estimate of drug-likeness (QED) is 0.320. The first kappa shape index (κ1) is 37.8. The molecule has 42 heavy (non-hydrogen) atoms. The molecular formula is C31H45N3O8. The zero-order chi connectivity index (χ0) is 33.1. The van der Waals surface area contributed by atoms with Crippen molar-refractivity contribution in [3.63, 3.8) is 0 Å². The molecule has 0 aliphatic rings. The Kier molecular flexibility index (Phi) is 15.2. The van der Waals surface area contributed by atoms with Crippen LogP contribution in [0.15, 0.2) is 6.07 Å². The minimum atomic E-state index is -1.24. The summed E-state index contributed by atoms with van der Waals surface area (Å²) in [5.41, 5.74) is 3.48. The number of ether oxygens (including phenoxy) is 1. The highest BCUT2D eigenvalue weighted by Crippen LogP contribution is 2.32. The summed E-state index contributed by atoms with van der Waals surface area (Å²) in [4.78, 5) is 62.7. The number of benzene rings is 2. The molecule has 0 atom stereocenters. The molecule has 0 heterocycles. The van der Waals surface area contributed by atoms with Crippen LogP contribution in [0.1, 0.15) is 92.1 Å². The molecule has 0 fully saturated rings. The predicted molar refractivity (Wildman–Crippen MR) is 164 cm³/mol. The fraction of sp³-hybridized carbons (Fsp3) is 0.452. The Morgan fingerprint density at radius 1 is 0.738 bits per heavy atom. The molecule has 4 N–H and O–H groups in total. The average molecular weight is 588 g/mol. The highest BCUT2D eigenvalue weighted by Gasteiger charge is 2.26. The number of hydrogen-bond donors (Lipinski definition) is 4. The standard InChI is InChI=1S/C27H33N3O8.2C2H6/c1-12-9-13(2)24(17(6)20(12)26(34)35)30(8)19(32)11-38-10-18(31)29-23-15(4)21(25(33)28-7)14(3)22(16(23)5)27(36)37;2*1-2/h9H,10-11H2,1-8H3,(H,28,33)(H,29,31)(H,34,35)(H,36,37);2*1-2H3. The number of nitrogens with zero attached hydrogens (tertiary/aromatic N) is 1. The van der Waals surface area contributed by atoms with Crippen LogP contribution in [0.25, 0.3) is 0 Å². The Labute approximate surface area is 248 Å². The van der Waals surface area contributed by atoms with Crippen molar-refractivity contribution in [1.29, 1.82) is 0 Å². The molecule has 0 aliphatic heterocycles. The van der Waals surface area contributed by atoms with E-state index < -0.39 is 42.9 Å². The summed E-state index contributed by atoms with van der Waals surface area (Å²) in [6.45, 7) is 16.8. The maximum Gasteiger partial charge on any atom is 0.336 e. The van der Waals surface area contributed by atoms with E-state index >= 15 is 0 Å². The smallest absolute Gasteiger partial charge is 0.336 e. The number of hydrogen-bond acceptors (Lipinski definition) is 6. The number of amides is 3. The lowest BCUT2D eigenvalue weighted by atomic mass is 9.90. The molecule has 0 aromatic heterocycles. The molecule has 0 spiro atoms. The number of rotatable bonds is 9. The van der Waals surface area contributed by atoms with Crippen LogP contribution in [0.2, 0.25) is 0 Å². The van der Waals surface area contributed by atoms with E-state index in [0.717, 1.165) is 0 Å². The molecule has 11 heteroatoms. The van der Waals surface area contributed by atoms with Gasteiger partial charge in [0.05, 0.1) is 16.8 Å². The summed E-state index contributed by atoms with van der Waals surface area (Å²) in [6.07, 6.45) is 0. The zero-order valence-corrected chi connectivity index (χ0v) is 26.8. The van der Waals surface area contributed by atoms with Gasteiger partial charge >= 0.3 is 11.9 Å². The molecule has 232 valence electrons. The fourth-order valence-corrected chi connectivity index (χ4v) is 4.84. The van der Waals surface area contributed by atoms with E-state index in [1.807, 2.05) is 27.7 Å². The lowest BCUT2D eigenvalue weighted by Gasteiger charge is -2.24. The SMILES string of the molecule is CC.CC.CNC(=O)c1c(C)c(NC(=O)COCC(=O)N(C)c2c(C)cc(C)c(C(=O)O)c2C)c(C)c(C(=O)O)c1C. The summed E-state index contributed by atoms with van der Waals surface area (Å²) >= 11 is 0. The number of carbonyl (C=O) groups excluding carboxylic acids is 3. The second kappa shape index (κ2) is 16.9. The first-order valence-electron chi connectivity index (χ1n) is 13.7. The zero-order valence-electron chi connectivity index (χ0n) is 26.8. The van der Waals surface area contributed by atoms with Crippen LogP contribution in [0.5, 0.6) is 0 Å². The normalized spacial score (nSPS) is 9.90. The van der Waals surface area contributed by atoms with Gasteiger partial charge in [-0.05, 0) is 74.9 Å². The van der Waals surface area contributed by atoms with Crippen molar-refractivity contribution in [3.8, 4) is 0 Å². The Balaban J connectivity index is 0.00000402. The van der Waals surface area contributed by atoms with E-state index in [0.29, 0.717) is 27.9 Å². The molecule has 2 rings (SSSR count). The van der Waals surface area contributed by atoms with Crippen molar-refractivity contribution in [2.75, 3.05) is 37.5 Å². The maximum absolute atomic E-state index is 12.8. The van der Waals surface area contributed by atoms with Gasteiger partial charge in [-0.1, -0.05) is 33.8 Å². The third-order valence-corrected chi connectivity index (χ3v) is 6.50. The number of aromatic carboxylic acids is 2. The van der Waals surface area contributed by atoms with E-state index in [9.17, 15) is 34.2 Å². The number of carbonyl (C=O) groups is 5. The molecular weight excluding hydrogens is 542 g/mol. The van der Waals surface area contributed by atoms with Crippen LogP contribution >= 0.6 is 0 Å². The summed E-state index contributed by atoms with van der Waals surface area (Å²) in [7, 11) is 2.92. The Morgan fingerprint density at radius 2 is 1.24 bits per heavy atom. The van der Waals surface area contributed by atoms with Gasteiger partial charge in [0.25, 0.3) is 11.8 Å². The summed E-state index contributed by atoms with van der Waals surface area (Å²) < 4.78 is 5.32. The van der Waals surface area contributed by atoms with E-state index in [2.05, 4.69) is 10.6 Å². The molecule has 0 saturated carbocycles. The highest BCUT2D eigenvalue weighted by atomic mass is 16.5. The van der Waals surface area contributed by atoms with Crippen molar-refractivity contribution in [2.24, 2.45) is 0 Å². The van der Waals surface area contributed by atoms with Crippen LogP contribution in [0.4, 0.5) is 11.4 Å². The highest BCUT2D eigenvalue weighted by molar-refractivity contribution is 6.06. The molecule has 0 radical (unpaired) electrons. The van der Waals surface area contributed by atoms with Gasteiger partial charge in [0.1, 0.15) is 13.2 Å². The molecule has 11 nitrogen and oxygen atoms in total. The number of aryl methyl sites for hydroxylation is 2. The monoisotopic (exact) mass is 587 g/mol. The van der Waals surface area contributed by atoms with Gasteiger partial charge < -0.3 is 30.5 Å². The van der Waals surface area contributed by atoms with Gasteiger partial charge in [-0.15, -0.1) is 0 Å². The van der Waals surface area contributed by atoms with Crippen LogP contribution in [-0.2, 0) is 14.3 Å². The van der Waals surface area contributed by atoms with Crippen LogP contribution in [0.3, 0.4) is 0 Å². The molecule has 2 aromatic carbocycles. The van der Waals surface area contributed by atoms with Crippen LogP contribution in [0, 0.1) is 41.5 Å². The van der Waals surface area contributed by atoms with Crippen molar-refractivity contribution in [1.82, 2.24) is 5.32 Å². The van der Waals surface area contributed by atoms with Gasteiger partial charge in [0.2, 0.25) is 5.91 Å². The predicted octanol–water partition coefficient (Wildman–Crippen LogP) is 4.96. The van der Waals surface area contributed by atoms with Gasteiger partial charge in [0.15, 0.2) is 0 Å². The van der Waals surface area contributed by atoms with Crippen molar-refractivity contribution < 1.29 is 38.9 Å². The fourth-order valence-electron chi connectivity index (χ4n) is 4.84. The third-order valence-electron chi connectivity index (χ3n) is 6.50. The van der Waals surface area contributed by atoms with E-state index in [1.54, 1.807) is 33.8 Å². The van der Waals surface area contributed by atoms with Gasteiger partial charge in [-0.3, -0.25) is 14.4 Å². The molecule has 0 saturated heterocycles. The van der Waals surface area contributed by atoms with Crippen molar-refractivity contribution >= 4 is 41.0 Å². The second-order valence-electron chi connectivity index (χ2n) is 9.04. The lowest BCUT2D eigenvalue weighted by molar-refractivity contribution is -0.126. The van der Waals surface area contributed by atoms with Crippen molar-refractivity contribution in [2.45, 2.75) is 69.2 Å². The van der Waals surface area contributed by atoms with E-state index in [-0.39, 0.29) is 33.5 Å². The first-order valence-corrected chi connectivity index (χ1v) is 13.7. The third kappa shape index (κ3) is 8.39. The van der Waals surface area contributed by atoms with Crippen LogP contribution in [-0.4, -0.2) is 67.2 Å². The largest absolute Gasteiger partial charge is 0.478 e. The summed E-state index contributed by atoms with van der Waals surface area (Å²) in [5.74, 6) is -3.97. The Hall–Kier alpha value is -4.25. The number of nitrogens with one attached hydrogen (secondary N) is 2. The maximum atomic E-state index is 12.8. The van der Waals surface area contributed by atoms with E-state index in [1.165, 1.54) is 32.8 Å². The van der Waals surface area contributed by atoms with Crippen LogP contribution < -0.4 is 15.5 Å². The second-order valence-corrected chi connectivity index (χ2v) is 9.04. The van der Waals surface area contributed by atoms with Gasteiger partial charge in [-0.25, -0.2) is 9.59 Å². The van der Waals surface area contributed by atoms with Crippen molar-refractivity contribution in [3.05, 3.63) is 56.1 Å².